The summed E-state index contributed by atoms with van der Waals surface area (Å²) >= 11 is 0. The molecular formula is C14H15NO4. The second kappa shape index (κ2) is 7.23. The minimum Gasteiger partial charge on any atom is -0.469 e. The van der Waals surface area contributed by atoms with Crippen molar-refractivity contribution in [1.82, 2.24) is 5.48 Å². The molecule has 1 amide bonds. The van der Waals surface area contributed by atoms with Gasteiger partial charge >= 0.3 is 6.09 Å². The summed E-state index contributed by atoms with van der Waals surface area (Å²) < 4.78 is 10.1. The van der Waals surface area contributed by atoms with Crippen LogP contribution in [-0.2, 0) is 11.3 Å². The first kappa shape index (κ1) is 13.2. The number of benzene rings is 1. The molecule has 2 aromatic rings. The Morgan fingerprint density at radius 2 is 2.00 bits per heavy atom. The molecule has 19 heavy (non-hydrogen) atoms. The van der Waals surface area contributed by atoms with Crippen LogP contribution in [0, 0.1) is 0 Å². The predicted molar refractivity (Wildman–Crippen MR) is 68.6 cm³/mol. The molecule has 1 aromatic carbocycles. The smallest absolute Gasteiger partial charge is 0.436 e. The van der Waals surface area contributed by atoms with Gasteiger partial charge in [0.05, 0.1) is 12.9 Å². The van der Waals surface area contributed by atoms with Gasteiger partial charge in [0.15, 0.2) is 0 Å². The van der Waals surface area contributed by atoms with Crippen LogP contribution in [-0.4, -0.2) is 12.7 Å². The van der Waals surface area contributed by atoms with E-state index in [-0.39, 0.29) is 0 Å². The number of carbonyl (C=O) groups excluding carboxylic acids is 1. The van der Waals surface area contributed by atoms with Gasteiger partial charge in [-0.2, -0.15) is 5.48 Å². The average Bonchev–Trinajstić information content (AvgIpc) is 2.92. The van der Waals surface area contributed by atoms with Crippen molar-refractivity contribution < 1.29 is 18.8 Å². The summed E-state index contributed by atoms with van der Waals surface area (Å²) in [5.74, 6) is 1.37. The number of furan rings is 1. The third kappa shape index (κ3) is 4.85. The number of hydroxylamine groups is 1. The molecule has 2 rings (SSSR count). The Hall–Kier alpha value is -2.27. The van der Waals surface area contributed by atoms with Crippen LogP contribution in [0.1, 0.15) is 12.2 Å². The summed E-state index contributed by atoms with van der Waals surface area (Å²) in [6.07, 6.45) is 2.51. The van der Waals surface area contributed by atoms with Crippen LogP contribution in [0.2, 0.25) is 0 Å². The number of rotatable bonds is 6. The van der Waals surface area contributed by atoms with Crippen LogP contribution in [0.3, 0.4) is 0 Å². The zero-order chi connectivity index (χ0) is 13.3. The van der Waals surface area contributed by atoms with Crippen molar-refractivity contribution in [2.24, 2.45) is 0 Å². The molecule has 100 valence electrons. The lowest BCUT2D eigenvalue weighted by Gasteiger charge is -2.06. The molecular weight excluding hydrogens is 246 g/mol. The normalized spacial score (nSPS) is 10.1. The molecule has 5 heteroatoms. The highest BCUT2D eigenvalue weighted by Crippen LogP contribution is 2.08. The Morgan fingerprint density at radius 1 is 1.16 bits per heavy atom. The van der Waals surface area contributed by atoms with Gasteiger partial charge in [-0.1, -0.05) is 18.2 Å². The minimum absolute atomic E-state index is 0.393. The summed E-state index contributed by atoms with van der Waals surface area (Å²) in [6, 6.07) is 12.5. The molecule has 0 aliphatic rings. The highest BCUT2D eigenvalue weighted by Gasteiger charge is 2.03. The molecule has 5 nitrogen and oxygen atoms in total. The second-order valence-electron chi connectivity index (χ2n) is 3.84. The fourth-order valence-electron chi connectivity index (χ4n) is 1.50. The van der Waals surface area contributed by atoms with E-state index in [1.807, 2.05) is 18.2 Å². The first-order valence-corrected chi connectivity index (χ1v) is 6.01. The number of ether oxygens (including phenoxy) is 1. The van der Waals surface area contributed by atoms with E-state index >= 15 is 0 Å². The first-order valence-electron chi connectivity index (χ1n) is 6.01. The molecule has 0 bridgehead atoms. The molecule has 0 fully saturated rings. The predicted octanol–water partition coefficient (Wildman–Crippen LogP) is 2.93. The number of hydrogen-bond acceptors (Lipinski definition) is 4. The summed E-state index contributed by atoms with van der Waals surface area (Å²) in [5.41, 5.74) is 2.22. The van der Waals surface area contributed by atoms with E-state index in [1.165, 1.54) is 0 Å². The Labute approximate surface area is 111 Å². The molecule has 0 spiro atoms. The Kier molecular flexibility index (Phi) is 5.01. The van der Waals surface area contributed by atoms with Crippen molar-refractivity contribution in [2.75, 3.05) is 6.61 Å². The highest BCUT2D eigenvalue weighted by atomic mass is 16.7. The van der Waals surface area contributed by atoms with Crippen LogP contribution < -0.4 is 10.2 Å². The first-order chi connectivity index (χ1) is 9.34. The minimum atomic E-state index is -0.635. The maximum Gasteiger partial charge on any atom is 0.436 e. The van der Waals surface area contributed by atoms with E-state index < -0.39 is 6.09 Å². The van der Waals surface area contributed by atoms with E-state index in [0.29, 0.717) is 12.4 Å². The standard InChI is InChI=1S/C14H15NO4/c16-14(19-13-6-2-1-3-7-13)15-18-11-5-9-12-8-4-10-17-12/h1-4,6-8,10H,5,9,11H2,(H,15,16). The van der Waals surface area contributed by atoms with Crippen molar-refractivity contribution in [3.8, 4) is 5.75 Å². The highest BCUT2D eigenvalue weighted by molar-refractivity contribution is 5.68. The number of amides is 1. The van der Waals surface area contributed by atoms with Gasteiger partial charge < -0.3 is 9.15 Å². The van der Waals surface area contributed by atoms with Gasteiger partial charge in [-0.05, 0) is 30.7 Å². The number of hydrogen-bond donors (Lipinski definition) is 1. The molecule has 1 aromatic heterocycles. The van der Waals surface area contributed by atoms with Gasteiger partial charge in [-0.15, -0.1) is 0 Å². The van der Waals surface area contributed by atoms with E-state index in [2.05, 4.69) is 5.48 Å². The fourth-order valence-corrected chi connectivity index (χ4v) is 1.50. The monoisotopic (exact) mass is 261 g/mol. The van der Waals surface area contributed by atoms with E-state index in [4.69, 9.17) is 14.0 Å². The third-order valence-electron chi connectivity index (χ3n) is 2.36. The summed E-state index contributed by atoms with van der Waals surface area (Å²) in [6.45, 7) is 0.393. The van der Waals surface area contributed by atoms with Crippen molar-refractivity contribution >= 4 is 6.09 Å². The average molecular weight is 261 g/mol. The summed E-state index contributed by atoms with van der Waals surface area (Å²) in [4.78, 5) is 16.3. The van der Waals surface area contributed by atoms with Crippen LogP contribution in [0.5, 0.6) is 5.75 Å². The zero-order valence-electron chi connectivity index (χ0n) is 10.4. The van der Waals surface area contributed by atoms with Crippen LogP contribution in [0.25, 0.3) is 0 Å². The number of aryl methyl sites for hydroxylation is 1. The van der Waals surface area contributed by atoms with Crippen molar-refractivity contribution in [3.05, 3.63) is 54.5 Å². The molecule has 0 radical (unpaired) electrons. The Morgan fingerprint density at radius 3 is 2.74 bits per heavy atom. The van der Waals surface area contributed by atoms with Gasteiger partial charge in [0.25, 0.3) is 0 Å². The summed E-state index contributed by atoms with van der Waals surface area (Å²) in [5, 5.41) is 0. The van der Waals surface area contributed by atoms with Crippen LogP contribution in [0.4, 0.5) is 4.79 Å². The van der Waals surface area contributed by atoms with Crippen LogP contribution >= 0.6 is 0 Å². The van der Waals surface area contributed by atoms with Crippen LogP contribution in [0.15, 0.2) is 53.1 Å². The molecule has 0 atom stereocenters. The Bertz CT molecular complexity index is 481. The number of para-hydroxylation sites is 1. The molecule has 0 unspecified atom stereocenters. The van der Waals surface area contributed by atoms with Gasteiger partial charge in [-0.3, -0.25) is 4.84 Å². The molecule has 0 aliphatic heterocycles. The SMILES string of the molecule is O=C(NOCCCc1ccco1)Oc1ccccc1. The summed E-state index contributed by atoms with van der Waals surface area (Å²) in [7, 11) is 0. The second-order valence-corrected chi connectivity index (χ2v) is 3.84. The van der Waals surface area contributed by atoms with E-state index in [0.717, 1.165) is 18.6 Å². The maximum absolute atomic E-state index is 11.3. The van der Waals surface area contributed by atoms with Crippen molar-refractivity contribution in [2.45, 2.75) is 12.8 Å². The molecule has 0 saturated heterocycles. The van der Waals surface area contributed by atoms with E-state index in [9.17, 15) is 4.79 Å². The number of carbonyl (C=O) groups is 1. The van der Waals surface area contributed by atoms with Gasteiger partial charge in [0, 0.05) is 6.42 Å². The molecule has 1 heterocycles. The lowest BCUT2D eigenvalue weighted by Crippen LogP contribution is -2.27. The third-order valence-corrected chi connectivity index (χ3v) is 2.36. The van der Waals surface area contributed by atoms with E-state index in [1.54, 1.807) is 30.5 Å². The largest absolute Gasteiger partial charge is 0.469 e. The van der Waals surface area contributed by atoms with Gasteiger partial charge in [-0.25, -0.2) is 4.79 Å². The number of nitrogens with one attached hydrogen (secondary N) is 1. The maximum atomic E-state index is 11.3. The molecule has 0 saturated carbocycles. The lowest BCUT2D eigenvalue weighted by atomic mass is 10.3. The quantitative estimate of drug-likeness (QED) is 0.641. The lowest BCUT2D eigenvalue weighted by molar-refractivity contribution is 0.0437. The molecule has 0 aliphatic carbocycles. The Balaban J connectivity index is 1.57. The van der Waals surface area contributed by atoms with Gasteiger partial charge in [0.2, 0.25) is 0 Å². The fraction of sp³-hybridized carbons (Fsp3) is 0.214. The van der Waals surface area contributed by atoms with Crippen molar-refractivity contribution in [3.63, 3.8) is 0 Å². The van der Waals surface area contributed by atoms with Crippen molar-refractivity contribution in [1.29, 1.82) is 0 Å². The topological polar surface area (TPSA) is 60.7 Å². The van der Waals surface area contributed by atoms with Gasteiger partial charge in [0.1, 0.15) is 11.5 Å². The molecule has 1 N–H and O–H groups in total. The zero-order valence-corrected chi connectivity index (χ0v) is 10.4.